The highest BCUT2D eigenvalue weighted by molar-refractivity contribution is 5.78. The lowest BCUT2D eigenvalue weighted by molar-refractivity contribution is -0.120. The zero-order valence-corrected chi connectivity index (χ0v) is 15.2. The van der Waals surface area contributed by atoms with Crippen LogP contribution in [0.4, 0.5) is 0 Å². The van der Waals surface area contributed by atoms with Gasteiger partial charge < -0.3 is 9.73 Å². The van der Waals surface area contributed by atoms with Crippen LogP contribution in [0.5, 0.6) is 0 Å². The van der Waals surface area contributed by atoms with Crippen LogP contribution in [0, 0.1) is 6.92 Å². The van der Waals surface area contributed by atoms with Crippen molar-refractivity contribution in [3.05, 3.63) is 77.7 Å². The third kappa shape index (κ3) is 4.39. The summed E-state index contributed by atoms with van der Waals surface area (Å²) in [6, 6.07) is 20.0. The van der Waals surface area contributed by atoms with Crippen molar-refractivity contribution in [2.75, 3.05) is 6.54 Å². The summed E-state index contributed by atoms with van der Waals surface area (Å²) in [5, 5.41) is 3.04. The van der Waals surface area contributed by atoms with Crippen LogP contribution in [0.3, 0.4) is 0 Å². The van der Waals surface area contributed by atoms with Gasteiger partial charge in [0.15, 0.2) is 0 Å². The molecule has 0 spiro atoms. The zero-order chi connectivity index (χ0) is 18.4. The zero-order valence-electron chi connectivity index (χ0n) is 15.2. The predicted octanol–water partition coefficient (Wildman–Crippen LogP) is 4.50. The number of rotatable bonds is 7. The molecule has 3 aromatic rings. The first-order valence-corrected chi connectivity index (χ1v) is 9.00. The second-order valence-electron chi connectivity index (χ2n) is 6.38. The van der Waals surface area contributed by atoms with Crippen LogP contribution in [0.25, 0.3) is 11.5 Å². The molecule has 2 aromatic carbocycles. The van der Waals surface area contributed by atoms with Crippen LogP contribution >= 0.6 is 0 Å². The molecule has 1 unspecified atom stereocenters. The third-order valence-corrected chi connectivity index (χ3v) is 4.55. The quantitative estimate of drug-likeness (QED) is 0.684. The second-order valence-corrected chi connectivity index (χ2v) is 6.38. The number of benzene rings is 2. The number of aromatic nitrogens is 1. The third-order valence-electron chi connectivity index (χ3n) is 4.55. The molecule has 0 saturated heterocycles. The number of hydrogen-bond acceptors (Lipinski definition) is 3. The van der Waals surface area contributed by atoms with Gasteiger partial charge in [0.05, 0.1) is 12.1 Å². The van der Waals surface area contributed by atoms with Crippen LogP contribution in [0.1, 0.15) is 36.3 Å². The van der Waals surface area contributed by atoms with Gasteiger partial charge in [0.2, 0.25) is 11.8 Å². The number of nitrogens with zero attached hydrogens (tertiary/aromatic N) is 1. The summed E-state index contributed by atoms with van der Waals surface area (Å²) in [7, 11) is 0. The Labute approximate surface area is 154 Å². The number of carbonyl (C=O) groups excluding carboxylic acids is 1. The van der Waals surface area contributed by atoms with Gasteiger partial charge >= 0.3 is 0 Å². The van der Waals surface area contributed by atoms with Gasteiger partial charge in [-0.1, -0.05) is 55.5 Å². The average molecular weight is 348 g/mol. The highest BCUT2D eigenvalue weighted by Crippen LogP contribution is 2.22. The average Bonchev–Trinajstić information content (AvgIpc) is 3.04. The van der Waals surface area contributed by atoms with Gasteiger partial charge in [-0.25, -0.2) is 4.98 Å². The van der Waals surface area contributed by atoms with Crippen LogP contribution in [0.2, 0.25) is 0 Å². The standard InChI is InChI=1S/C22H24N2O2/c1-3-17(18-10-6-4-7-11-18)15-23-21(25)14-20-16(2)26-22(24-20)19-12-8-5-9-13-19/h4-13,17H,3,14-15H2,1-2H3,(H,23,25). The van der Waals surface area contributed by atoms with Gasteiger partial charge in [-0.15, -0.1) is 0 Å². The van der Waals surface area contributed by atoms with Crippen molar-refractivity contribution >= 4 is 5.91 Å². The van der Waals surface area contributed by atoms with E-state index in [0.717, 1.165) is 12.0 Å². The van der Waals surface area contributed by atoms with E-state index < -0.39 is 0 Å². The maximum absolute atomic E-state index is 12.4. The van der Waals surface area contributed by atoms with Crippen LogP contribution in [-0.4, -0.2) is 17.4 Å². The lowest BCUT2D eigenvalue weighted by atomic mass is 9.96. The molecule has 4 heteroatoms. The first-order chi connectivity index (χ1) is 12.7. The molecule has 1 aromatic heterocycles. The van der Waals surface area contributed by atoms with Crippen molar-refractivity contribution < 1.29 is 9.21 Å². The van der Waals surface area contributed by atoms with E-state index in [0.29, 0.717) is 29.8 Å². The molecular weight excluding hydrogens is 324 g/mol. The summed E-state index contributed by atoms with van der Waals surface area (Å²) in [4.78, 5) is 16.9. The van der Waals surface area contributed by atoms with Gasteiger partial charge in [-0.05, 0) is 31.0 Å². The molecule has 0 fully saturated rings. The number of hydrogen-bond donors (Lipinski definition) is 1. The summed E-state index contributed by atoms with van der Waals surface area (Å²) in [5.41, 5.74) is 2.85. The monoisotopic (exact) mass is 348 g/mol. The van der Waals surface area contributed by atoms with E-state index in [1.165, 1.54) is 5.56 Å². The molecule has 1 heterocycles. The van der Waals surface area contributed by atoms with E-state index in [4.69, 9.17) is 4.42 Å². The molecule has 134 valence electrons. The number of oxazole rings is 1. The first kappa shape index (κ1) is 17.9. The van der Waals surface area contributed by atoms with E-state index in [1.54, 1.807) is 0 Å². The van der Waals surface area contributed by atoms with Crippen LogP contribution < -0.4 is 5.32 Å². The number of aryl methyl sites for hydroxylation is 1. The van der Waals surface area contributed by atoms with Crippen molar-refractivity contribution in [1.29, 1.82) is 0 Å². The largest absolute Gasteiger partial charge is 0.441 e. The highest BCUT2D eigenvalue weighted by Gasteiger charge is 2.16. The molecule has 1 amide bonds. The SMILES string of the molecule is CCC(CNC(=O)Cc1nc(-c2ccccc2)oc1C)c1ccccc1. The fraction of sp³-hybridized carbons (Fsp3) is 0.273. The molecule has 0 radical (unpaired) electrons. The molecule has 0 bridgehead atoms. The van der Waals surface area contributed by atoms with Crippen molar-refractivity contribution in [3.63, 3.8) is 0 Å². The van der Waals surface area contributed by atoms with Gasteiger partial charge in [-0.2, -0.15) is 0 Å². The normalized spacial score (nSPS) is 11.9. The fourth-order valence-corrected chi connectivity index (χ4v) is 2.97. The smallest absolute Gasteiger partial charge is 0.226 e. The van der Waals surface area contributed by atoms with E-state index in [-0.39, 0.29) is 12.3 Å². The number of carbonyl (C=O) groups is 1. The molecule has 0 aliphatic rings. The van der Waals surface area contributed by atoms with E-state index >= 15 is 0 Å². The summed E-state index contributed by atoms with van der Waals surface area (Å²) in [5.74, 6) is 1.53. The second kappa shape index (κ2) is 8.48. The summed E-state index contributed by atoms with van der Waals surface area (Å²) >= 11 is 0. The minimum atomic E-state index is -0.0320. The summed E-state index contributed by atoms with van der Waals surface area (Å²) < 4.78 is 5.73. The highest BCUT2D eigenvalue weighted by atomic mass is 16.4. The first-order valence-electron chi connectivity index (χ1n) is 9.00. The van der Waals surface area contributed by atoms with Gasteiger partial charge in [0, 0.05) is 18.0 Å². The molecule has 0 aliphatic carbocycles. The number of amides is 1. The van der Waals surface area contributed by atoms with E-state index in [2.05, 4.69) is 29.4 Å². The number of nitrogens with one attached hydrogen (secondary N) is 1. The maximum Gasteiger partial charge on any atom is 0.226 e. The Morgan fingerprint density at radius 3 is 2.38 bits per heavy atom. The Balaban J connectivity index is 1.61. The van der Waals surface area contributed by atoms with Gasteiger partial charge in [0.25, 0.3) is 0 Å². The molecule has 0 aliphatic heterocycles. The van der Waals surface area contributed by atoms with Gasteiger partial charge in [0.1, 0.15) is 5.76 Å². The van der Waals surface area contributed by atoms with Crippen LogP contribution in [0.15, 0.2) is 65.1 Å². The molecular formula is C22H24N2O2. The topological polar surface area (TPSA) is 55.1 Å². The van der Waals surface area contributed by atoms with Crippen LogP contribution in [-0.2, 0) is 11.2 Å². The Morgan fingerprint density at radius 1 is 1.08 bits per heavy atom. The van der Waals surface area contributed by atoms with E-state index in [9.17, 15) is 4.79 Å². The minimum Gasteiger partial charge on any atom is -0.441 e. The molecule has 4 nitrogen and oxygen atoms in total. The summed E-state index contributed by atoms with van der Waals surface area (Å²) in [6.07, 6.45) is 1.21. The molecule has 1 atom stereocenters. The van der Waals surface area contributed by atoms with Gasteiger partial charge in [-0.3, -0.25) is 4.79 Å². The summed E-state index contributed by atoms with van der Waals surface area (Å²) in [6.45, 7) is 4.61. The van der Waals surface area contributed by atoms with Crippen molar-refractivity contribution in [2.24, 2.45) is 0 Å². The maximum atomic E-state index is 12.4. The minimum absolute atomic E-state index is 0.0320. The fourth-order valence-electron chi connectivity index (χ4n) is 2.97. The lowest BCUT2D eigenvalue weighted by Gasteiger charge is -2.16. The Kier molecular flexibility index (Phi) is 5.84. The molecule has 26 heavy (non-hydrogen) atoms. The molecule has 1 N–H and O–H groups in total. The van der Waals surface area contributed by atoms with Crippen molar-refractivity contribution in [3.8, 4) is 11.5 Å². The Hall–Kier alpha value is -2.88. The van der Waals surface area contributed by atoms with Crippen molar-refractivity contribution in [2.45, 2.75) is 32.6 Å². The molecule has 0 saturated carbocycles. The van der Waals surface area contributed by atoms with E-state index in [1.807, 2.05) is 55.5 Å². The lowest BCUT2D eigenvalue weighted by Crippen LogP contribution is -2.29. The Morgan fingerprint density at radius 2 is 1.73 bits per heavy atom. The van der Waals surface area contributed by atoms with Crippen molar-refractivity contribution in [1.82, 2.24) is 10.3 Å². The molecule has 3 rings (SSSR count). The Bertz CT molecular complexity index is 841. The predicted molar refractivity (Wildman–Crippen MR) is 103 cm³/mol.